The summed E-state index contributed by atoms with van der Waals surface area (Å²) in [7, 11) is 0. The summed E-state index contributed by atoms with van der Waals surface area (Å²) in [6.07, 6.45) is 2.11. The van der Waals surface area contributed by atoms with Gasteiger partial charge in [0.15, 0.2) is 0 Å². The van der Waals surface area contributed by atoms with E-state index in [-0.39, 0.29) is 27.1 Å². The summed E-state index contributed by atoms with van der Waals surface area (Å²) in [5.74, 6) is -2.82. The van der Waals surface area contributed by atoms with Crippen LogP contribution in [0.1, 0.15) is 34.1 Å². The van der Waals surface area contributed by atoms with Crippen LogP contribution in [0.25, 0.3) is 0 Å². The van der Waals surface area contributed by atoms with E-state index in [1.807, 2.05) is 12.3 Å². The molecule has 1 unspecified atom stereocenters. The van der Waals surface area contributed by atoms with Crippen LogP contribution in [0.3, 0.4) is 0 Å². The minimum Gasteiger partial charge on any atom is -0.389 e. The molecule has 0 aromatic carbocycles. The highest BCUT2D eigenvalue weighted by atomic mass is 32.2. The van der Waals surface area contributed by atoms with E-state index in [4.69, 9.17) is 11.0 Å². The number of nitrogen functional groups attached to an aromatic ring is 1. The molecule has 0 spiro atoms. The van der Waals surface area contributed by atoms with Crippen molar-refractivity contribution in [3.8, 4) is 6.07 Å². The third-order valence-corrected chi connectivity index (χ3v) is 4.93. The monoisotopic (exact) mass is 260 g/mol. The molecule has 0 aliphatic heterocycles. The predicted molar refractivity (Wildman–Crippen MR) is 62.8 cm³/mol. The smallest absolute Gasteiger partial charge is 0.282 e. The molecule has 1 atom stereocenters. The maximum atomic E-state index is 13.7. The van der Waals surface area contributed by atoms with Gasteiger partial charge in [0.25, 0.3) is 5.92 Å². The Hall–Kier alpha value is -0.800. The van der Waals surface area contributed by atoms with Crippen LogP contribution in [0.15, 0.2) is 0 Å². The maximum Gasteiger partial charge on any atom is 0.282 e. The molecule has 1 aromatic heterocycles. The first-order valence-electron chi connectivity index (χ1n) is 4.74. The fourth-order valence-corrected chi connectivity index (χ4v) is 3.95. The van der Waals surface area contributed by atoms with Crippen molar-refractivity contribution in [3.63, 3.8) is 0 Å². The first kappa shape index (κ1) is 11.7. The van der Waals surface area contributed by atoms with Gasteiger partial charge in [0.1, 0.15) is 11.1 Å². The maximum absolute atomic E-state index is 13.7. The molecule has 0 radical (unpaired) electrons. The Kier molecular flexibility index (Phi) is 2.84. The molecule has 0 saturated carbocycles. The lowest BCUT2D eigenvalue weighted by atomic mass is 9.92. The van der Waals surface area contributed by atoms with E-state index in [1.54, 1.807) is 0 Å². The van der Waals surface area contributed by atoms with E-state index in [0.717, 1.165) is 11.3 Å². The molecular formula is C10H10F2N2S2. The first-order valence-corrected chi connectivity index (χ1v) is 6.85. The molecule has 0 bridgehead atoms. The highest BCUT2D eigenvalue weighted by Crippen LogP contribution is 2.54. The number of hydrogen-bond acceptors (Lipinski definition) is 4. The Bertz CT molecular complexity index is 462. The van der Waals surface area contributed by atoms with Gasteiger partial charge >= 0.3 is 0 Å². The number of nitrogens with zero attached hydrogens (tertiary/aromatic N) is 1. The second kappa shape index (κ2) is 3.90. The van der Waals surface area contributed by atoms with Crippen LogP contribution in [0.4, 0.5) is 13.8 Å². The van der Waals surface area contributed by atoms with Crippen molar-refractivity contribution in [2.75, 3.05) is 12.0 Å². The van der Waals surface area contributed by atoms with Crippen molar-refractivity contribution >= 4 is 28.1 Å². The van der Waals surface area contributed by atoms with E-state index in [2.05, 4.69) is 0 Å². The molecule has 2 nitrogen and oxygen atoms in total. The molecule has 2 rings (SSSR count). The molecule has 1 aromatic rings. The lowest BCUT2D eigenvalue weighted by Crippen LogP contribution is -2.21. The number of thioether (sulfide) groups is 1. The Morgan fingerprint density at radius 2 is 2.31 bits per heavy atom. The van der Waals surface area contributed by atoms with Crippen molar-refractivity contribution in [3.05, 3.63) is 16.0 Å². The van der Waals surface area contributed by atoms with Crippen molar-refractivity contribution in [1.82, 2.24) is 0 Å². The fraction of sp³-hybridized carbons (Fsp3) is 0.500. The van der Waals surface area contributed by atoms with Crippen molar-refractivity contribution in [2.24, 2.45) is 0 Å². The van der Waals surface area contributed by atoms with Crippen LogP contribution in [0.2, 0.25) is 0 Å². The average molecular weight is 260 g/mol. The summed E-state index contributed by atoms with van der Waals surface area (Å²) < 4.78 is 27.3. The first-order chi connectivity index (χ1) is 7.51. The zero-order valence-corrected chi connectivity index (χ0v) is 10.2. The summed E-state index contributed by atoms with van der Waals surface area (Å²) in [6.45, 7) is 0. The molecule has 2 N–H and O–H groups in total. The SMILES string of the molecule is CSC1CCC(F)(F)c2sc(N)c(C#N)c21. The average Bonchev–Trinajstić information content (AvgIpc) is 2.57. The van der Waals surface area contributed by atoms with Gasteiger partial charge in [0.05, 0.1) is 10.4 Å². The molecule has 1 aliphatic rings. The minimum atomic E-state index is -2.82. The van der Waals surface area contributed by atoms with E-state index in [1.165, 1.54) is 11.8 Å². The zero-order valence-electron chi connectivity index (χ0n) is 8.59. The highest BCUT2D eigenvalue weighted by molar-refractivity contribution is 7.98. The number of rotatable bonds is 1. The number of halogens is 2. The van der Waals surface area contributed by atoms with Crippen LogP contribution in [-0.4, -0.2) is 6.26 Å². The molecular weight excluding hydrogens is 250 g/mol. The molecule has 6 heteroatoms. The number of anilines is 1. The largest absolute Gasteiger partial charge is 0.389 e. The Labute approximate surface area is 100 Å². The van der Waals surface area contributed by atoms with Crippen LogP contribution >= 0.6 is 23.1 Å². The lowest BCUT2D eigenvalue weighted by molar-refractivity contribution is -0.0179. The normalized spacial score (nSPS) is 22.5. The summed E-state index contributed by atoms with van der Waals surface area (Å²) in [5.41, 5.74) is 6.34. The van der Waals surface area contributed by atoms with Crippen LogP contribution in [0, 0.1) is 11.3 Å². The number of hydrogen-bond donors (Lipinski definition) is 1. The van der Waals surface area contributed by atoms with Crippen LogP contribution in [0.5, 0.6) is 0 Å². The molecule has 0 amide bonds. The van der Waals surface area contributed by atoms with Gasteiger partial charge in [-0.15, -0.1) is 11.3 Å². The molecule has 16 heavy (non-hydrogen) atoms. The molecule has 0 fully saturated rings. The van der Waals surface area contributed by atoms with Crippen molar-refractivity contribution in [2.45, 2.75) is 24.0 Å². The van der Waals surface area contributed by atoms with Gasteiger partial charge < -0.3 is 5.73 Å². The highest BCUT2D eigenvalue weighted by Gasteiger charge is 2.44. The zero-order chi connectivity index (χ0) is 11.9. The summed E-state index contributed by atoms with van der Waals surface area (Å²) in [5, 5.41) is 9.16. The predicted octanol–water partition coefficient (Wildman–Crippen LogP) is 3.49. The van der Waals surface area contributed by atoms with Crippen LogP contribution in [-0.2, 0) is 5.92 Å². The van der Waals surface area contributed by atoms with Gasteiger partial charge in [0.2, 0.25) is 0 Å². The Morgan fingerprint density at radius 1 is 1.62 bits per heavy atom. The molecule has 1 heterocycles. The minimum absolute atomic E-state index is 0.00727. The lowest BCUT2D eigenvalue weighted by Gasteiger charge is -2.27. The summed E-state index contributed by atoms with van der Waals surface area (Å²) in [6, 6.07) is 1.94. The number of alkyl halides is 2. The van der Waals surface area contributed by atoms with Crippen LogP contribution < -0.4 is 5.73 Å². The molecule has 86 valence electrons. The Balaban J connectivity index is 2.65. The number of fused-ring (bicyclic) bond motifs is 1. The van der Waals surface area contributed by atoms with Gasteiger partial charge in [0, 0.05) is 17.2 Å². The van der Waals surface area contributed by atoms with E-state index in [0.29, 0.717) is 12.0 Å². The van der Waals surface area contributed by atoms with Gasteiger partial charge in [-0.25, -0.2) is 8.78 Å². The quantitative estimate of drug-likeness (QED) is 0.840. The molecule has 1 aliphatic carbocycles. The Morgan fingerprint density at radius 3 is 2.88 bits per heavy atom. The summed E-state index contributed by atoms with van der Waals surface area (Å²) >= 11 is 2.36. The van der Waals surface area contributed by atoms with Gasteiger partial charge in [-0.1, -0.05) is 0 Å². The van der Waals surface area contributed by atoms with Gasteiger partial charge in [-0.2, -0.15) is 17.0 Å². The number of nitrogens with two attached hydrogens (primary N) is 1. The third kappa shape index (κ3) is 1.59. The van der Waals surface area contributed by atoms with Gasteiger partial charge in [-0.3, -0.25) is 0 Å². The van der Waals surface area contributed by atoms with Crippen molar-refractivity contribution < 1.29 is 8.78 Å². The van der Waals surface area contributed by atoms with Crippen molar-refractivity contribution in [1.29, 1.82) is 5.26 Å². The third-order valence-electron chi connectivity index (χ3n) is 2.74. The van der Waals surface area contributed by atoms with E-state index < -0.39 is 5.92 Å². The summed E-state index contributed by atoms with van der Waals surface area (Å²) in [4.78, 5) is -0.00727. The standard InChI is InChI=1S/C10H10F2N2S2/c1-15-6-2-3-10(11,12)8-7(6)5(4-13)9(14)16-8/h6H,2-3,14H2,1H3. The van der Waals surface area contributed by atoms with E-state index in [9.17, 15) is 8.78 Å². The number of thiophene rings is 1. The second-order valence-electron chi connectivity index (χ2n) is 3.66. The molecule has 0 saturated heterocycles. The fourth-order valence-electron chi connectivity index (χ4n) is 1.96. The number of nitriles is 1. The second-order valence-corrected chi connectivity index (χ2v) is 5.76. The topological polar surface area (TPSA) is 49.8 Å². The van der Waals surface area contributed by atoms with Gasteiger partial charge in [-0.05, 0) is 12.7 Å². The van der Waals surface area contributed by atoms with E-state index >= 15 is 0 Å².